The van der Waals surface area contributed by atoms with Gasteiger partial charge in [0.15, 0.2) is 0 Å². The molecule has 18 heavy (non-hydrogen) atoms. The van der Waals surface area contributed by atoms with Gasteiger partial charge in [-0.25, -0.2) is 4.98 Å². The molecule has 4 N–H and O–H groups in total. The van der Waals surface area contributed by atoms with E-state index in [1.807, 2.05) is 13.0 Å². The SMILES string of the molecule is Cc1cnc(N)c(C(N)c2ncc(Cl)cc2Cl)c1. The Morgan fingerprint density at radius 1 is 1.17 bits per heavy atom. The second-order valence-corrected chi connectivity index (χ2v) is 4.83. The van der Waals surface area contributed by atoms with E-state index in [0.717, 1.165) is 5.56 Å². The maximum Gasteiger partial charge on any atom is 0.128 e. The third-order valence-corrected chi connectivity index (χ3v) is 3.06. The van der Waals surface area contributed by atoms with Gasteiger partial charge in [-0.1, -0.05) is 23.2 Å². The van der Waals surface area contributed by atoms with E-state index in [4.69, 9.17) is 34.7 Å². The van der Waals surface area contributed by atoms with Crippen LogP contribution in [0.4, 0.5) is 5.82 Å². The number of halogens is 2. The third-order valence-electron chi connectivity index (χ3n) is 2.55. The lowest BCUT2D eigenvalue weighted by molar-refractivity contribution is 0.825. The van der Waals surface area contributed by atoms with Gasteiger partial charge in [-0.05, 0) is 24.6 Å². The smallest absolute Gasteiger partial charge is 0.128 e. The van der Waals surface area contributed by atoms with Crippen molar-refractivity contribution in [3.05, 3.63) is 51.4 Å². The van der Waals surface area contributed by atoms with Gasteiger partial charge < -0.3 is 11.5 Å². The lowest BCUT2D eigenvalue weighted by Gasteiger charge is -2.15. The fourth-order valence-electron chi connectivity index (χ4n) is 1.65. The Balaban J connectivity index is 2.47. The van der Waals surface area contributed by atoms with Crippen LogP contribution in [0.5, 0.6) is 0 Å². The van der Waals surface area contributed by atoms with Gasteiger partial charge >= 0.3 is 0 Å². The molecule has 4 nitrogen and oxygen atoms in total. The first-order valence-corrected chi connectivity index (χ1v) is 6.03. The number of aromatic nitrogens is 2. The predicted molar refractivity (Wildman–Crippen MR) is 73.7 cm³/mol. The molecule has 6 heteroatoms. The number of pyridine rings is 2. The van der Waals surface area contributed by atoms with E-state index in [-0.39, 0.29) is 0 Å². The molecule has 0 aliphatic carbocycles. The summed E-state index contributed by atoms with van der Waals surface area (Å²) in [7, 11) is 0. The molecule has 0 aliphatic heterocycles. The van der Waals surface area contributed by atoms with Gasteiger partial charge in [-0.3, -0.25) is 4.98 Å². The molecule has 0 aliphatic rings. The number of hydrogen-bond donors (Lipinski definition) is 2. The van der Waals surface area contributed by atoms with Gasteiger partial charge in [0.2, 0.25) is 0 Å². The van der Waals surface area contributed by atoms with Crippen molar-refractivity contribution in [1.29, 1.82) is 0 Å². The number of hydrogen-bond acceptors (Lipinski definition) is 4. The summed E-state index contributed by atoms with van der Waals surface area (Å²) in [6, 6.07) is 2.95. The van der Waals surface area contributed by atoms with Crippen LogP contribution in [-0.4, -0.2) is 9.97 Å². The Morgan fingerprint density at radius 3 is 2.56 bits per heavy atom. The summed E-state index contributed by atoms with van der Waals surface area (Å²) in [6.45, 7) is 1.92. The van der Waals surface area contributed by atoms with Crippen LogP contribution in [0, 0.1) is 6.92 Å². The predicted octanol–water partition coefficient (Wildman–Crippen LogP) is 2.72. The number of anilines is 1. The minimum absolute atomic E-state index is 0.376. The molecule has 1 unspecified atom stereocenters. The molecule has 0 radical (unpaired) electrons. The maximum absolute atomic E-state index is 6.13. The molecular weight excluding hydrogens is 271 g/mol. The van der Waals surface area contributed by atoms with E-state index >= 15 is 0 Å². The summed E-state index contributed by atoms with van der Waals surface area (Å²) in [4.78, 5) is 8.23. The van der Waals surface area contributed by atoms with Crippen LogP contribution in [0.3, 0.4) is 0 Å². The molecule has 0 saturated heterocycles. The van der Waals surface area contributed by atoms with Crippen molar-refractivity contribution in [2.24, 2.45) is 5.73 Å². The number of aryl methyl sites for hydroxylation is 1. The Kier molecular flexibility index (Phi) is 3.71. The van der Waals surface area contributed by atoms with Crippen molar-refractivity contribution in [2.45, 2.75) is 13.0 Å². The van der Waals surface area contributed by atoms with Crippen molar-refractivity contribution in [3.8, 4) is 0 Å². The van der Waals surface area contributed by atoms with E-state index in [1.165, 1.54) is 6.20 Å². The van der Waals surface area contributed by atoms with Crippen LogP contribution in [0.25, 0.3) is 0 Å². The number of rotatable bonds is 2. The molecule has 0 spiro atoms. The molecule has 94 valence electrons. The van der Waals surface area contributed by atoms with Crippen molar-refractivity contribution in [2.75, 3.05) is 5.73 Å². The van der Waals surface area contributed by atoms with Gasteiger partial charge in [0.1, 0.15) is 5.82 Å². The van der Waals surface area contributed by atoms with E-state index in [9.17, 15) is 0 Å². The fraction of sp³-hybridized carbons (Fsp3) is 0.167. The lowest BCUT2D eigenvalue weighted by atomic mass is 10.0. The van der Waals surface area contributed by atoms with E-state index in [1.54, 1.807) is 12.3 Å². The van der Waals surface area contributed by atoms with Crippen LogP contribution in [0.1, 0.15) is 22.9 Å². The Labute approximate surface area is 115 Å². The quantitative estimate of drug-likeness (QED) is 0.888. The molecule has 0 saturated carbocycles. The second kappa shape index (κ2) is 5.10. The van der Waals surface area contributed by atoms with E-state index in [0.29, 0.717) is 27.1 Å². The molecule has 0 aromatic carbocycles. The number of nitrogens with two attached hydrogens (primary N) is 2. The molecule has 2 rings (SSSR count). The molecule has 2 heterocycles. The molecule has 1 atom stereocenters. The number of nitrogens with zero attached hydrogens (tertiary/aromatic N) is 2. The topological polar surface area (TPSA) is 77.8 Å². The first-order valence-electron chi connectivity index (χ1n) is 5.27. The minimum atomic E-state index is -0.526. The Bertz CT molecular complexity index is 586. The highest BCUT2D eigenvalue weighted by atomic mass is 35.5. The minimum Gasteiger partial charge on any atom is -0.383 e. The van der Waals surface area contributed by atoms with E-state index < -0.39 is 6.04 Å². The zero-order valence-corrected chi connectivity index (χ0v) is 11.2. The highest BCUT2D eigenvalue weighted by Gasteiger charge is 2.17. The van der Waals surface area contributed by atoms with Gasteiger partial charge in [-0.2, -0.15) is 0 Å². The van der Waals surface area contributed by atoms with Crippen LogP contribution in [0.15, 0.2) is 24.5 Å². The highest BCUT2D eigenvalue weighted by Crippen LogP contribution is 2.29. The third kappa shape index (κ3) is 2.56. The molecule has 0 amide bonds. The molecule has 0 bridgehead atoms. The van der Waals surface area contributed by atoms with Gasteiger partial charge in [0.05, 0.1) is 21.8 Å². The first kappa shape index (κ1) is 13.1. The largest absolute Gasteiger partial charge is 0.383 e. The zero-order valence-electron chi connectivity index (χ0n) is 9.69. The van der Waals surface area contributed by atoms with Crippen molar-refractivity contribution in [1.82, 2.24) is 9.97 Å². The van der Waals surface area contributed by atoms with E-state index in [2.05, 4.69) is 9.97 Å². The molecule has 2 aromatic heterocycles. The van der Waals surface area contributed by atoms with Gasteiger partial charge in [-0.15, -0.1) is 0 Å². The van der Waals surface area contributed by atoms with Crippen LogP contribution < -0.4 is 11.5 Å². The first-order chi connectivity index (χ1) is 8.49. The summed E-state index contributed by atoms with van der Waals surface area (Å²) in [5.41, 5.74) is 14.1. The average molecular weight is 283 g/mol. The van der Waals surface area contributed by atoms with Crippen LogP contribution in [0.2, 0.25) is 10.0 Å². The fourth-order valence-corrected chi connectivity index (χ4v) is 2.15. The summed E-state index contributed by atoms with van der Waals surface area (Å²) >= 11 is 11.9. The normalized spacial score (nSPS) is 12.4. The molecule has 0 fully saturated rings. The van der Waals surface area contributed by atoms with Crippen molar-refractivity contribution in [3.63, 3.8) is 0 Å². The summed E-state index contributed by atoms with van der Waals surface area (Å²) in [5, 5.41) is 0.877. The van der Waals surface area contributed by atoms with Crippen molar-refractivity contribution < 1.29 is 0 Å². The summed E-state index contributed by atoms with van der Waals surface area (Å²) < 4.78 is 0. The highest BCUT2D eigenvalue weighted by molar-refractivity contribution is 6.34. The molecule has 2 aromatic rings. The average Bonchev–Trinajstić information content (AvgIpc) is 2.31. The Hall–Kier alpha value is -1.36. The number of nitrogen functional groups attached to an aromatic ring is 1. The second-order valence-electron chi connectivity index (χ2n) is 3.99. The molecular formula is C12H12Cl2N4. The monoisotopic (exact) mass is 282 g/mol. The zero-order chi connectivity index (χ0) is 13.3. The maximum atomic E-state index is 6.13. The standard InChI is InChI=1S/C12H12Cl2N4/c1-6-2-8(12(16)18-4-6)10(15)11-9(14)3-7(13)5-17-11/h2-5,10H,15H2,1H3,(H2,16,18). The van der Waals surface area contributed by atoms with Crippen molar-refractivity contribution >= 4 is 29.0 Å². The summed E-state index contributed by atoms with van der Waals surface area (Å²) in [6.07, 6.45) is 3.19. The lowest BCUT2D eigenvalue weighted by Crippen LogP contribution is -2.16. The van der Waals surface area contributed by atoms with Gasteiger partial charge in [0.25, 0.3) is 0 Å². The van der Waals surface area contributed by atoms with Crippen LogP contribution in [-0.2, 0) is 0 Å². The summed E-state index contributed by atoms with van der Waals surface area (Å²) in [5.74, 6) is 0.376. The van der Waals surface area contributed by atoms with Gasteiger partial charge in [0, 0.05) is 18.0 Å². The Morgan fingerprint density at radius 2 is 1.89 bits per heavy atom. The van der Waals surface area contributed by atoms with Crippen LogP contribution >= 0.6 is 23.2 Å².